The van der Waals surface area contributed by atoms with Gasteiger partial charge in [0, 0.05) is 25.5 Å². The van der Waals surface area contributed by atoms with Gasteiger partial charge in [-0.2, -0.15) is 0 Å². The molecule has 3 fully saturated rings. The molecule has 4 aliphatic carbocycles. The third kappa shape index (κ3) is 5.47. The average Bonchev–Trinajstić information content (AvgIpc) is 3.60. The predicted octanol–water partition coefficient (Wildman–Crippen LogP) is 8.50. The molecule has 4 nitrogen and oxygen atoms in total. The summed E-state index contributed by atoms with van der Waals surface area (Å²) in [4.78, 5) is 17.9. The number of benzene rings is 1. The molecule has 2 heterocycles. The van der Waals surface area contributed by atoms with Gasteiger partial charge in [-0.05, 0) is 127 Å². The standard InChI is InChI=1S/C37H47NO3/c1-24-5-7-29-22-30-21-27(26-13-15-37(16-14-26)40-18-19-41-37)8-11-33(30)32(29)12-9-28(20-24)35-23-31(39)10-6-25(2)36-34(35)4-3-17-38-36/h3-4,8,11,17,21,23-26,28-29,32H,5-7,9-10,12-16,18-20,22H2,1-2H3/b35-23-/t24-,25?,28?,29?,32-/m0/s1. The maximum atomic E-state index is 13.0. The smallest absolute Gasteiger partial charge is 0.168 e. The molecule has 2 saturated carbocycles. The number of carbonyl (C=O) groups is 1. The molecule has 218 valence electrons. The zero-order valence-electron chi connectivity index (χ0n) is 25.1. The molecule has 1 spiro atoms. The number of hydrogen-bond acceptors (Lipinski definition) is 4. The molecule has 2 aromatic rings. The second-order valence-corrected chi connectivity index (χ2v) is 14.0. The molecule has 5 aliphatic rings. The van der Waals surface area contributed by atoms with Crippen LogP contribution in [0.2, 0.25) is 0 Å². The number of hydrogen-bond donors (Lipinski definition) is 0. The zero-order valence-corrected chi connectivity index (χ0v) is 25.1. The number of ketones is 1. The number of ether oxygens (including phenoxy) is 2. The third-order valence-electron chi connectivity index (χ3n) is 11.4. The number of carbonyl (C=O) groups excluding carboxylic acids is 1. The maximum Gasteiger partial charge on any atom is 0.168 e. The van der Waals surface area contributed by atoms with Gasteiger partial charge in [0.15, 0.2) is 11.6 Å². The van der Waals surface area contributed by atoms with E-state index in [9.17, 15) is 4.79 Å². The van der Waals surface area contributed by atoms with E-state index in [2.05, 4.69) is 44.2 Å². The van der Waals surface area contributed by atoms with E-state index in [4.69, 9.17) is 14.5 Å². The first-order valence-electron chi connectivity index (χ1n) is 16.6. The molecule has 5 atom stereocenters. The lowest BCUT2D eigenvalue weighted by atomic mass is 9.77. The lowest BCUT2D eigenvalue weighted by Gasteiger charge is -2.35. The summed E-state index contributed by atoms with van der Waals surface area (Å²) in [5, 5.41) is 0. The number of fused-ring (bicyclic) bond motifs is 4. The molecule has 0 amide bonds. The van der Waals surface area contributed by atoms with Gasteiger partial charge in [-0.25, -0.2) is 0 Å². The molecule has 0 radical (unpaired) electrons. The average molecular weight is 554 g/mol. The fourth-order valence-electron chi connectivity index (χ4n) is 9.06. The van der Waals surface area contributed by atoms with Crippen LogP contribution >= 0.6 is 0 Å². The van der Waals surface area contributed by atoms with Crippen molar-refractivity contribution >= 4 is 11.4 Å². The van der Waals surface area contributed by atoms with Gasteiger partial charge in [0.05, 0.1) is 18.9 Å². The Morgan fingerprint density at radius 3 is 2.56 bits per heavy atom. The van der Waals surface area contributed by atoms with Crippen molar-refractivity contribution in [3.8, 4) is 0 Å². The minimum Gasteiger partial charge on any atom is -0.348 e. The van der Waals surface area contributed by atoms with Crippen LogP contribution in [0.1, 0.15) is 130 Å². The van der Waals surface area contributed by atoms with E-state index in [0.717, 1.165) is 57.7 Å². The first-order chi connectivity index (χ1) is 20.0. The number of rotatable bonds is 2. The summed E-state index contributed by atoms with van der Waals surface area (Å²) in [7, 11) is 0. The Bertz CT molecular complexity index is 1300. The van der Waals surface area contributed by atoms with Crippen molar-refractivity contribution in [2.24, 2.45) is 17.8 Å². The largest absolute Gasteiger partial charge is 0.348 e. The highest BCUT2D eigenvalue weighted by Gasteiger charge is 2.41. The fraction of sp³-hybridized carbons (Fsp3) is 0.622. The first-order valence-corrected chi connectivity index (χ1v) is 16.6. The summed E-state index contributed by atoms with van der Waals surface area (Å²) >= 11 is 0. The van der Waals surface area contributed by atoms with Crippen molar-refractivity contribution in [3.63, 3.8) is 0 Å². The number of aromatic nitrogens is 1. The summed E-state index contributed by atoms with van der Waals surface area (Å²) in [6, 6.07) is 11.8. The third-order valence-corrected chi connectivity index (χ3v) is 11.4. The lowest BCUT2D eigenvalue weighted by Crippen LogP contribution is -2.34. The van der Waals surface area contributed by atoms with E-state index >= 15 is 0 Å². The Morgan fingerprint density at radius 1 is 0.902 bits per heavy atom. The molecule has 7 rings (SSSR count). The molecular weight excluding hydrogens is 506 g/mol. The molecule has 1 aromatic heterocycles. The Morgan fingerprint density at radius 2 is 1.73 bits per heavy atom. The van der Waals surface area contributed by atoms with Gasteiger partial charge in [0.1, 0.15) is 0 Å². The molecule has 0 bridgehead atoms. The quantitative estimate of drug-likeness (QED) is 0.374. The van der Waals surface area contributed by atoms with E-state index in [1.807, 2.05) is 12.3 Å². The number of pyridine rings is 1. The van der Waals surface area contributed by atoms with Crippen molar-refractivity contribution in [1.82, 2.24) is 4.98 Å². The second-order valence-electron chi connectivity index (χ2n) is 14.0. The topological polar surface area (TPSA) is 48.4 Å². The minimum absolute atomic E-state index is 0.282. The van der Waals surface area contributed by atoms with E-state index in [-0.39, 0.29) is 5.79 Å². The molecule has 41 heavy (non-hydrogen) atoms. The summed E-state index contributed by atoms with van der Waals surface area (Å²) < 4.78 is 12.0. The molecule has 3 unspecified atom stereocenters. The van der Waals surface area contributed by atoms with Crippen LogP contribution in [0, 0.1) is 17.8 Å². The van der Waals surface area contributed by atoms with Crippen LogP contribution in [0.15, 0.2) is 42.6 Å². The monoisotopic (exact) mass is 553 g/mol. The van der Waals surface area contributed by atoms with Crippen LogP contribution in [-0.2, 0) is 20.7 Å². The minimum atomic E-state index is -0.282. The Kier molecular flexibility index (Phi) is 7.66. The van der Waals surface area contributed by atoms with Gasteiger partial charge in [-0.1, -0.05) is 44.5 Å². The van der Waals surface area contributed by atoms with E-state index in [0.29, 0.717) is 41.8 Å². The Balaban J connectivity index is 1.12. The van der Waals surface area contributed by atoms with Gasteiger partial charge < -0.3 is 9.47 Å². The van der Waals surface area contributed by atoms with Crippen LogP contribution in [0.4, 0.5) is 0 Å². The van der Waals surface area contributed by atoms with Gasteiger partial charge >= 0.3 is 0 Å². The van der Waals surface area contributed by atoms with Crippen molar-refractivity contribution < 1.29 is 14.3 Å². The Labute approximate surface area is 246 Å². The van der Waals surface area contributed by atoms with Gasteiger partial charge in [0.25, 0.3) is 0 Å². The Hall–Kier alpha value is -2.30. The molecule has 1 aromatic carbocycles. The highest BCUT2D eigenvalue weighted by atomic mass is 16.7. The van der Waals surface area contributed by atoms with Gasteiger partial charge in [0.2, 0.25) is 0 Å². The van der Waals surface area contributed by atoms with E-state index in [1.54, 1.807) is 11.1 Å². The van der Waals surface area contributed by atoms with Crippen molar-refractivity contribution in [3.05, 3.63) is 70.6 Å². The summed E-state index contributed by atoms with van der Waals surface area (Å²) in [6.07, 6.45) is 17.2. The molecule has 0 N–H and O–H groups in total. The summed E-state index contributed by atoms with van der Waals surface area (Å²) in [6.45, 7) is 6.19. The first kappa shape index (κ1) is 27.5. The molecule has 4 heteroatoms. The lowest BCUT2D eigenvalue weighted by molar-refractivity contribution is -0.178. The summed E-state index contributed by atoms with van der Waals surface area (Å²) in [5.74, 6) is 3.42. The van der Waals surface area contributed by atoms with Crippen LogP contribution in [0.3, 0.4) is 0 Å². The van der Waals surface area contributed by atoms with E-state index in [1.165, 1.54) is 54.5 Å². The fourth-order valence-corrected chi connectivity index (χ4v) is 9.06. The van der Waals surface area contributed by atoms with Crippen molar-refractivity contribution in [1.29, 1.82) is 0 Å². The maximum absolute atomic E-state index is 13.0. The van der Waals surface area contributed by atoms with Crippen molar-refractivity contribution in [2.75, 3.05) is 13.2 Å². The number of nitrogens with zero attached hydrogens (tertiary/aromatic N) is 1. The van der Waals surface area contributed by atoms with Gasteiger partial charge in [-0.15, -0.1) is 0 Å². The van der Waals surface area contributed by atoms with Crippen LogP contribution in [0.5, 0.6) is 0 Å². The highest BCUT2D eigenvalue weighted by molar-refractivity contribution is 5.97. The van der Waals surface area contributed by atoms with Gasteiger partial charge in [-0.3, -0.25) is 9.78 Å². The van der Waals surface area contributed by atoms with Crippen LogP contribution in [0.25, 0.3) is 5.57 Å². The van der Waals surface area contributed by atoms with Crippen LogP contribution < -0.4 is 0 Å². The highest BCUT2D eigenvalue weighted by Crippen LogP contribution is 2.50. The zero-order chi connectivity index (χ0) is 28.0. The predicted molar refractivity (Wildman–Crippen MR) is 163 cm³/mol. The number of allylic oxidation sites excluding steroid dienone is 2. The van der Waals surface area contributed by atoms with Crippen LogP contribution in [-0.4, -0.2) is 29.8 Å². The second kappa shape index (κ2) is 11.4. The van der Waals surface area contributed by atoms with Crippen molar-refractivity contribution in [2.45, 2.75) is 114 Å². The van der Waals surface area contributed by atoms with E-state index < -0.39 is 0 Å². The molecule has 1 saturated heterocycles. The summed E-state index contributed by atoms with van der Waals surface area (Å²) in [5.41, 5.74) is 8.45. The molecular formula is C37H47NO3. The molecule has 1 aliphatic heterocycles. The normalized spacial score (nSPS) is 33.4. The SMILES string of the molecule is CC1CCC(=O)/C=C(/C2CC[C@@H]3c4ccc(C5CCC6(CC5)OCCO6)cc4CC3CC[C@H](C)C2)c2cccnc21.